The van der Waals surface area contributed by atoms with Crippen LogP contribution in [0.4, 0.5) is 5.69 Å². The van der Waals surface area contributed by atoms with E-state index in [2.05, 4.69) is 20.6 Å². The van der Waals surface area contributed by atoms with Gasteiger partial charge in [-0.1, -0.05) is 23.7 Å². The van der Waals surface area contributed by atoms with Crippen molar-refractivity contribution in [2.75, 3.05) is 12.4 Å². The minimum atomic E-state index is -0.928. The summed E-state index contributed by atoms with van der Waals surface area (Å²) in [7, 11) is 1.27. The number of hydrazone groups is 1. The molecule has 0 unspecified atom stereocenters. The highest BCUT2D eigenvalue weighted by Gasteiger charge is 2.13. The van der Waals surface area contributed by atoms with Gasteiger partial charge in [0.25, 0.3) is 0 Å². The first-order valence-corrected chi connectivity index (χ1v) is 7.45. The quantitative estimate of drug-likeness (QED) is 0.378. The van der Waals surface area contributed by atoms with E-state index in [-0.39, 0.29) is 0 Å². The molecule has 128 valence electrons. The van der Waals surface area contributed by atoms with Crippen molar-refractivity contribution in [1.82, 2.24) is 5.43 Å². The van der Waals surface area contributed by atoms with Crippen LogP contribution in [-0.2, 0) is 14.3 Å². The smallest absolute Gasteiger partial charge is 0.337 e. The molecule has 0 aliphatic rings. The molecule has 0 fully saturated rings. The van der Waals surface area contributed by atoms with Crippen molar-refractivity contribution >= 4 is 41.3 Å². The Kier molecular flexibility index (Phi) is 6.25. The number of benzene rings is 2. The number of carbonyl (C=O) groups is 3. The maximum atomic E-state index is 11.8. The molecule has 2 aromatic carbocycles. The molecule has 2 aromatic rings. The zero-order valence-electron chi connectivity index (χ0n) is 13.2. The van der Waals surface area contributed by atoms with Crippen LogP contribution in [0.15, 0.2) is 53.6 Å². The molecule has 0 spiro atoms. The minimum Gasteiger partial charge on any atom is -0.465 e. The number of hydrogen-bond donors (Lipinski definition) is 2. The predicted octanol–water partition coefficient (Wildman–Crippen LogP) is 2.22. The maximum absolute atomic E-state index is 11.8. The summed E-state index contributed by atoms with van der Waals surface area (Å²) < 4.78 is 4.57. The Morgan fingerprint density at radius 1 is 1.00 bits per heavy atom. The van der Waals surface area contributed by atoms with E-state index in [9.17, 15) is 14.4 Å². The third kappa shape index (κ3) is 5.43. The van der Waals surface area contributed by atoms with Crippen LogP contribution in [0.25, 0.3) is 0 Å². The Balaban J connectivity index is 1.88. The van der Waals surface area contributed by atoms with Gasteiger partial charge in [0.2, 0.25) is 0 Å². The Hall–Kier alpha value is -3.19. The number of rotatable bonds is 4. The second-order valence-electron chi connectivity index (χ2n) is 4.77. The Morgan fingerprint density at radius 3 is 2.24 bits per heavy atom. The van der Waals surface area contributed by atoms with Crippen molar-refractivity contribution in [2.45, 2.75) is 0 Å². The lowest BCUT2D eigenvalue weighted by molar-refractivity contribution is -0.136. The number of carbonyl (C=O) groups excluding carboxylic acids is 3. The standard InChI is InChI=1S/C17H14ClN3O4/c1-25-17(24)12-4-8-14(9-5-12)20-15(22)16(23)21-19-10-11-2-6-13(18)7-3-11/h2-10H,1H3,(H,20,22)(H,21,23)/b19-10-. The third-order valence-electron chi connectivity index (χ3n) is 3.02. The van der Waals surface area contributed by atoms with Gasteiger partial charge in [0.1, 0.15) is 0 Å². The number of ether oxygens (including phenoxy) is 1. The summed E-state index contributed by atoms with van der Waals surface area (Å²) in [5.74, 6) is -2.31. The molecule has 0 saturated carbocycles. The molecule has 2 amide bonds. The van der Waals surface area contributed by atoms with Crippen LogP contribution in [0.1, 0.15) is 15.9 Å². The number of anilines is 1. The average molecular weight is 360 g/mol. The fraction of sp³-hybridized carbons (Fsp3) is 0.0588. The summed E-state index contributed by atoms with van der Waals surface area (Å²) in [6.07, 6.45) is 1.38. The van der Waals surface area contributed by atoms with Crippen molar-refractivity contribution < 1.29 is 19.1 Å². The van der Waals surface area contributed by atoms with Crippen molar-refractivity contribution in [3.63, 3.8) is 0 Å². The molecule has 2 rings (SSSR count). The molecule has 0 saturated heterocycles. The van der Waals surface area contributed by atoms with E-state index in [1.165, 1.54) is 37.6 Å². The molecule has 0 aliphatic carbocycles. The normalized spacial score (nSPS) is 10.3. The number of nitrogens with zero attached hydrogens (tertiary/aromatic N) is 1. The lowest BCUT2D eigenvalue weighted by Crippen LogP contribution is -2.32. The largest absolute Gasteiger partial charge is 0.465 e. The first-order valence-electron chi connectivity index (χ1n) is 7.08. The topological polar surface area (TPSA) is 96.9 Å². The first-order chi connectivity index (χ1) is 12.0. The molecule has 2 N–H and O–H groups in total. The highest BCUT2D eigenvalue weighted by Crippen LogP contribution is 2.10. The predicted molar refractivity (Wildman–Crippen MR) is 93.6 cm³/mol. The van der Waals surface area contributed by atoms with Gasteiger partial charge < -0.3 is 10.1 Å². The number of halogens is 1. The van der Waals surface area contributed by atoms with Gasteiger partial charge in [-0.25, -0.2) is 10.2 Å². The summed E-state index contributed by atoms with van der Waals surface area (Å²) >= 11 is 5.76. The molecular formula is C17H14ClN3O4. The molecule has 8 heteroatoms. The highest BCUT2D eigenvalue weighted by atomic mass is 35.5. The van der Waals surface area contributed by atoms with Gasteiger partial charge in [0, 0.05) is 10.7 Å². The van der Waals surface area contributed by atoms with Crippen LogP contribution < -0.4 is 10.7 Å². The van der Waals surface area contributed by atoms with Crippen LogP contribution >= 0.6 is 11.6 Å². The molecule has 0 heterocycles. The third-order valence-corrected chi connectivity index (χ3v) is 3.27. The van der Waals surface area contributed by atoms with Gasteiger partial charge in [-0.05, 0) is 42.0 Å². The minimum absolute atomic E-state index is 0.331. The van der Waals surface area contributed by atoms with Gasteiger partial charge in [-0.15, -0.1) is 0 Å². The molecule has 0 bridgehead atoms. The van der Waals surface area contributed by atoms with E-state index >= 15 is 0 Å². The number of nitrogens with one attached hydrogen (secondary N) is 2. The zero-order valence-corrected chi connectivity index (χ0v) is 13.9. The number of methoxy groups -OCH3 is 1. The van der Waals surface area contributed by atoms with Crippen molar-refractivity contribution in [3.05, 3.63) is 64.7 Å². The number of esters is 1. The van der Waals surface area contributed by atoms with E-state index in [1.807, 2.05) is 0 Å². The van der Waals surface area contributed by atoms with Crippen molar-refractivity contribution in [2.24, 2.45) is 5.10 Å². The van der Waals surface area contributed by atoms with Gasteiger partial charge in [-0.3, -0.25) is 9.59 Å². The van der Waals surface area contributed by atoms with Crippen LogP contribution in [0.3, 0.4) is 0 Å². The Bertz CT molecular complexity index is 802. The molecular weight excluding hydrogens is 346 g/mol. The number of amides is 2. The highest BCUT2D eigenvalue weighted by molar-refractivity contribution is 6.39. The summed E-state index contributed by atoms with van der Waals surface area (Å²) in [5, 5.41) is 6.66. The summed E-state index contributed by atoms with van der Waals surface area (Å²) in [4.78, 5) is 34.8. The summed E-state index contributed by atoms with van der Waals surface area (Å²) in [6.45, 7) is 0. The van der Waals surface area contributed by atoms with Gasteiger partial charge in [0.05, 0.1) is 18.9 Å². The maximum Gasteiger partial charge on any atom is 0.337 e. The van der Waals surface area contributed by atoms with Crippen LogP contribution in [0.2, 0.25) is 5.02 Å². The first kappa shape index (κ1) is 18.2. The fourth-order valence-corrected chi connectivity index (χ4v) is 1.89. The van der Waals surface area contributed by atoms with Gasteiger partial charge in [0.15, 0.2) is 0 Å². The van der Waals surface area contributed by atoms with Crippen LogP contribution in [0.5, 0.6) is 0 Å². The van der Waals surface area contributed by atoms with Gasteiger partial charge >= 0.3 is 17.8 Å². The second-order valence-corrected chi connectivity index (χ2v) is 5.21. The van der Waals surface area contributed by atoms with Crippen molar-refractivity contribution in [3.8, 4) is 0 Å². The average Bonchev–Trinajstić information content (AvgIpc) is 2.63. The molecule has 0 aliphatic heterocycles. The number of hydrogen-bond acceptors (Lipinski definition) is 5. The lowest BCUT2D eigenvalue weighted by Gasteiger charge is -2.05. The summed E-state index contributed by atoms with van der Waals surface area (Å²) in [5.41, 5.74) is 3.51. The Labute approximate surface area is 148 Å². The SMILES string of the molecule is COC(=O)c1ccc(NC(=O)C(=O)N/N=C\c2ccc(Cl)cc2)cc1. The molecule has 25 heavy (non-hydrogen) atoms. The zero-order chi connectivity index (χ0) is 18.2. The Morgan fingerprint density at radius 2 is 1.64 bits per heavy atom. The van der Waals surface area contributed by atoms with E-state index in [0.717, 1.165) is 0 Å². The van der Waals surface area contributed by atoms with Crippen molar-refractivity contribution in [1.29, 1.82) is 0 Å². The lowest BCUT2D eigenvalue weighted by atomic mass is 10.2. The summed E-state index contributed by atoms with van der Waals surface area (Å²) in [6, 6.07) is 12.7. The van der Waals surface area contributed by atoms with Crippen LogP contribution in [0, 0.1) is 0 Å². The van der Waals surface area contributed by atoms with Gasteiger partial charge in [-0.2, -0.15) is 5.10 Å². The fourth-order valence-electron chi connectivity index (χ4n) is 1.76. The molecule has 7 nitrogen and oxygen atoms in total. The molecule has 0 radical (unpaired) electrons. The monoisotopic (exact) mass is 359 g/mol. The van der Waals surface area contributed by atoms with E-state index in [4.69, 9.17) is 11.6 Å². The van der Waals surface area contributed by atoms with E-state index < -0.39 is 17.8 Å². The molecule has 0 aromatic heterocycles. The molecule has 0 atom stereocenters. The van der Waals surface area contributed by atoms with E-state index in [1.54, 1.807) is 24.3 Å². The van der Waals surface area contributed by atoms with E-state index in [0.29, 0.717) is 21.8 Å². The second kappa shape index (κ2) is 8.60. The van der Waals surface area contributed by atoms with Crippen LogP contribution in [-0.4, -0.2) is 31.1 Å².